The number of hydrogen-bond acceptors (Lipinski definition) is 4. The first kappa shape index (κ1) is 23.7. The van der Waals surface area contributed by atoms with Crippen LogP contribution in [0.15, 0.2) is 12.4 Å². The van der Waals surface area contributed by atoms with Gasteiger partial charge in [0.05, 0.1) is 6.20 Å². The summed E-state index contributed by atoms with van der Waals surface area (Å²) in [6.45, 7) is 6.20. The molecule has 1 fully saturated rings. The fourth-order valence-corrected chi connectivity index (χ4v) is 2.37. The lowest BCUT2D eigenvalue weighted by molar-refractivity contribution is -0.133. The molecule has 22 heavy (non-hydrogen) atoms. The molecule has 1 atom stereocenters. The van der Waals surface area contributed by atoms with Crippen molar-refractivity contribution in [3.05, 3.63) is 18.0 Å². The first-order chi connectivity index (χ1) is 9.04. The average molecular weight is 375 g/mol. The minimum Gasteiger partial charge on any atom is -0.340 e. The zero-order chi connectivity index (χ0) is 13.8. The van der Waals surface area contributed by atoms with E-state index in [4.69, 9.17) is 5.73 Å². The highest BCUT2D eigenvalue weighted by Gasteiger charge is 2.21. The maximum atomic E-state index is 11.9. The van der Waals surface area contributed by atoms with E-state index in [1.165, 1.54) is 5.56 Å². The second-order valence-electron chi connectivity index (χ2n) is 5.36. The van der Waals surface area contributed by atoms with Crippen LogP contribution in [0.1, 0.15) is 18.9 Å². The lowest BCUT2D eigenvalue weighted by atomic mass is 10.2. The number of halogens is 3. The molecule has 1 aliphatic rings. The summed E-state index contributed by atoms with van der Waals surface area (Å²) in [5.74, 6) is 0.177. The average Bonchev–Trinajstić information content (AvgIpc) is 2.75. The van der Waals surface area contributed by atoms with Crippen LogP contribution in [-0.2, 0) is 18.4 Å². The molecule has 0 bridgehead atoms. The van der Waals surface area contributed by atoms with E-state index in [2.05, 4.69) is 10.00 Å². The van der Waals surface area contributed by atoms with E-state index >= 15 is 0 Å². The van der Waals surface area contributed by atoms with Gasteiger partial charge in [0.25, 0.3) is 0 Å². The number of rotatable bonds is 4. The molecule has 0 spiro atoms. The van der Waals surface area contributed by atoms with Crippen LogP contribution in [0, 0.1) is 0 Å². The van der Waals surface area contributed by atoms with Crippen molar-refractivity contribution in [1.82, 2.24) is 19.6 Å². The standard InChI is InChI=1S/C13H23N5O.3ClH/c1-11(14)7-13(19)18-5-3-17(4-6-18)10-12-8-15-16(2)9-12;;;/h8-9,11H,3-7,10,14H2,1-2H3;3*1H. The van der Waals surface area contributed by atoms with Crippen molar-refractivity contribution >= 4 is 43.1 Å². The molecule has 1 saturated heterocycles. The third kappa shape index (κ3) is 7.15. The topological polar surface area (TPSA) is 67.4 Å². The maximum absolute atomic E-state index is 11.9. The number of nitrogens with zero attached hydrogens (tertiary/aromatic N) is 4. The molecule has 130 valence electrons. The molecule has 2 heterocycles. The Balaban J connectivity index is 0. The Morgan fingerprint density at radius 1 is 1.27 bits per heavy atom. The van der Waals surface area contributed by atoms with Crippen molar-refractivity contribution in [3.8, 4) is 0 Å². The Morgan fingerprint density at radius 2 is 1.86 bits per heavy atom. The Bertz CT molecular complexity index is 433. The molecular weight excluding hydrogens is 349 g/mol. The van der Waals surface area contributed by atoms with Crippen LogP contribution < -0.4 is 5.73 Å². The quantitative estimate of drug-likeness (QED) is 0.856. The number of carbonyl (C=O) groups is 1. The highest BCUT2D eigenvalue weighted by molar-refractivity contribution is 5.86. The van der Waals surface area contributed by atoms with Crippen molar-refractivity contribution in [1.29, 1.82) is 0 Å². The van der Waals surface area contributed by atoms with Crippen LogP contribution in [-0.4, -0.2) is 57.7 Å². The fourth-order valence-electron chi connectivity index (χ4n) is 2.37. The van der Waals surface area contributed by atoms with Gasteiger partial charge < -0.3 is 10.6 Å². The third-order valence-corrected chi connectivity index (χ3v) is 3.39. The molecule has 2 rings (SSSR count). The van der Waals surface area contributed by atoms with Crippen LogP contribution in [0.4, 0.5) is 0 Å². The Labute approximate surface area is 150 Å². The van der Waals surface area contributed by atoms with Crippen LogP contribution in [0.2, 0.25) is 0 Å². The predicted octanol–water partition coefficient (Wildman–Crippen LogP) is 1.07. The highest BCUT2D eigenvalue weighted by Crippen LogP contribution is 2.09. The van der Waals surface area contributed by atoms with Crippen molar-refractivity contribution < 1.29 is 4.79 Å². The van der Waals surface area contributed by atoms with Crippen LogP contribution in [0.25, 0.3) is 0 Å². The molecule has 0 aromatic carbocycles. The van der Waals surface area contributed by atoms with E-state index in [1.54, 1.807) is 0 Å². The summed E-state index contributed by atoms with van der Waals surface area (Å²) < 4.78 is 1.82. The molecule has 0 saturated carbocycles. The molecule has 9 heteroatoms. The molecule has 0 aliphatic carbocycles. The van der Waals surface area contributed by atoms with E-state index in [0.717, 1.165) is 32.7 Å². The Kier molecular flexibility index (Phi) is 11.9. The Morgan fingerprint density at radius 3 is 2.32 bits per heavy atom. The van der Waals surface area contributed by atoms with Crippen LogP contribution in [0.3, 0.4) is 0 Å². The molecule has 1 unspecified atom stereocenters. The van der Waals surface area contributed by atoms with E-state index in [-0.39, 0.29) is 49.2 Å². The largest absolute Gasteiger partial charge is 0.340 e. The zero-order valence-corrected chi connectivity index (χ0v) is 15.4. The normalized spacial score (nSPS) is 16.0. The lowest BCUT2D eigenvalue weighted by Gasteiger charge is -2.34. The minimum absolute atomic E-state index is 0. The van der Waals surface area contributed by atoms with Gasteiger partial charge in [0, 0.05) is 64.0 Å². The number of nitrogens with two attached hydrogens (primary N) is 1. The first-order valence-electron chi connectivity index (χ1n) is 6.78. The van der Waals surface area contributed by atoms with Gasteiger partial charge in [-0.15, -0.1) is 37.2 Å². The lowest BCUT2D eigenvalue weighted by Crippen LogP contribution is -2.49. The van der Waals surface area contributed by atoms with Gasteiger partial charge in [0.15, 0.2) is 0 Å². The summed E-state index contributed by atoms with van der Waals surface area (Å²) in [7, 11) is 1.92. The number of aromatic nitrogens is 2. The first-order valence-corrected chi connectivity index (χ1v) is 6.78. The summed E-state index contributed by atoms with van der Waals surface area (Å²) in [4.78, 5) is 16.2. The van der Waals surface area contributed by atoms with Gasteiger partial charge >= 0.3 is 0 Å². The van der Waals surface area contributed by atoms with Gasteiger partial charge in [0.2, 0.25) is 5.91 Å². The third-order valence-electron chi connectivity index (χ3n) is 3.39. The molecule has 1 aromatic rings. The predicted molar refractivity (Wildman–Crippen MR) is 95.1 cm³/mol. The van der Waals surface area contributed by atoms with Crippen molar-refractivity contribution in [2.24, 2.45) is 12.8 Å². The number of piperazine rings is 1. The Hall–Kier alpha value is -0.530. The summed E-state index contributed by atoms with van der Waals surface area (Å²) in [6.07, 6.45) is 4.38. The van der Waals surface area contributed by atoms with Gasteiger partial charge in [-0.05, 0) is 6.92 Å². The van der Waals surface area contributed by atoms with Gasteiger partial charge in [-0.1, -0.05) is 0 Å². The van der Waals surface area contributed by atoms with Crippen molar-refractivity contribution in [3.63, 3.8) is 0 Å². The molecule has 1 amide bonds. The van der Waals surface area contributed by atoms with E-state index in [1.807, 2.05) is 35.9 Å². The van der Waals surface area contributed by atoms with Gasteiger partial charge in [0.1, 0.15) is 0 Å². The monoisotopic (exact) mass is 373 g/mol. The van der Waals surface area contributed by atoms with Crippen LogP contribution in [0.5, 0.6) is 0 Å². The van der Waals surface area contributed by atoms with Crippen LogP contribution >= 0.6 is 37.2 Å². The zero-order valence-electron chi connectivity index (χ0n) is 13.0. The molecule has 2 N–H and O–H groups in total. The van der Waals surface area contributed by atoms with Crippen molar-refractivity contribution in [2.75, 3.05) is 26.2 Å². The maximum Gasteiger partial charge on any atom is 0.224 e. The van der Waals surface area contributed by atoms with Gasteiger partial charge in [-0.25, -0.2) is 0 Å². The number of carbonyl (C=O) groups excluding carboxylic acids is 1. The van der Waals surface area contributed by atoms with Crippen molar-refractivity contribution in [2.45, 2.75) is 25.9 Å². The summed E-state index contributed by atoms with van der Waals surface area (Å²) in [6, 6.07) is -0.0547. The van der Waals surface area contributed by atoms with E-state index < -0.39 is 0 Å². The summed E-state index contributed by atoms with van der Waals surface area (Å²) in [5, 5.41) is 4.17. The molecule has 1 aliphatic heterocycles. The highest BCUT2D eigenvalue weighted by atomic mass is 35.5. The minimum atomic E-state index is -0.0547. The number of amides is 1. The summed E-state index contributed by atoms with van der Waals surface area (Å²) >= 11 is 0. The van der Waals surface area contributed by atoms with E-state index in [0.29, 0.717) is 6.42 Å². The van der Waals surface area contributed by atoms with Gasteiger partial charge in [-0.2, -0.15) is 5.10 Å². The molecular formula is C13H26Cl3N5O. The molecule has 6 nitrogen and oxygen atoms in total. The SMILES string of the molecule is CC(N)CC(=O)N1CCN(Cc2cnn(C)c2)CC1.Cl.Cl.Cl. The second kappa shape index (κ2) is 11.1. The van der Waals surface area contributed by atoms with Gasteiger partial charge in [-0.3, -0.25) is 14.4 Å². The number of hydrogen-bond donors (Lipinski definition) is 1. The van der Waals surface area contributed by atoms with E-state index in [9.17, 15) is 4.79 Å². The second-order valence-corrected chi connectivity index (χ2v) is 5.36. The fraction of sp³-hybridized carbons (Fsp3) is 0.692. The summed E-state index contributed by atoms with van der Waals surface area (Å²) in [5.41, 5.74) is 6.88. The number of aryl methyl sites for hydroxylation is 1. The smallest absolute Gasteiger partial charge is 0.224 e. The molecule has 1 aromatic heterocycles. The molecule has 0 radical (unpaired) electrons.